The van der Waals surface area contributed by atoms with Crippen LogP contribution in [0, 0.1) is 0 Å². The summed E-state index contributed by atoms with van der Waals surface area (Å²) in [5, 5.41) is 0. The molecule has 0 bridgehead atoms. The maximum Gasteiger partial charge on any atom is 0.332 e. The van der Waals surface area contributed by atoms with Crippen LogP contribution in [-0.4, -0.2) is 77.2 Å². The third kappa shape index (κ3) is 3.54. The molecule has 0 radical (unpaired) electrons. The second kappa shape index (κ2) is 8.02. The zero-order valence-corrected chi connectivity index (χ0v) is 16.6. The van der Waals surface area contributed by atoms with Crippen molar-refractivity contribution < 1.29 is 23.6 Å². The summed E-state index contributed by atoms with van der Waals surface area (Å²) in [6, 6.07) is 11.0. The lowest BCUT2D eigenvalue weighted by molar-refractivity contribution is -0.138. The van der Waals surface area contributed by atoms with E-state index in [1.165, 1.54) is 11.2 Å². The second-order valence-corrected chi connectivity index (χ2v) is 7.24. The van der Waals surface area contributed by atoms with Crippen LogP contribution in [0.3, 0.4) is 0 Å². The average molecular weight is 410 g/mol. The van der Waals surface area contributed by atoms with Gasteiger partial charge in [-0.2, -0.15) is 0 Å². The van der Waals surface area contributed by atoms with Crippen LogP contribution in [0.4, 0.5) is 10.5 Å². The molecular formula is C21H22N4O5. The maximum atomic E-state index is 12.8. The highest BCUT2D eigenvalue weighted by Crippen LogP contribution is 2.25. The number of hydrogen-bond donors (Lipinski definition) is 0. The smallest absolute Gasteiger partial charge is 0.332 e. The fourth-order valence-corrected chi connectivity index (χ4v) is 3.74. The van der Waals surface area contributed by atoms with Gasteiger partial charge >= 0.3 is 6.03 Å². The number of hydrogen-bond acceptors (Lipinski definition) is 5. The van der Waals surface area contributed by atoms with Crippen LogP contribution in [0.2, 0.25) is 0 Å². The number of rotatable bonds is 4. The molecule has 0 saturated carbocycles. The first kappa shape index (κ1) is 19.7. The van der Waals surface area contributed by atoms with Gasteiger partial charge in [0.1, 0.15) is 12.6 Å². The number of amides is 5. The number of piperazine rings is 1. The summed E-state index contributed by atoms with van der Waals surface area (Å²) in [6.07, 6.45) is 1.44. The molecular weight excluding hydrogens is 388 g/mol. The van der Waals surface area contributed by atoms with Gasteiger partial charge in [-0.25, -0.2) is 4.79 Å². The molecule has 5 amide bonds. The average Bonchev–Trinajstić information content (AvgIpc) is 3.38. The Bertz CT molecular complexity index is 951. The second-order valence-electron chi connectivity index (χ2n) is 7.24. The van der Waals surface area contributed by atoms with E-state index in [9.17, 15) is 19.2 Å². The van der Waals surface area contributed by atoms with Gasteiger partial charge in [0, 0.05) is 31.9 Å². The number of anilines is 1. The van der Waals surface area contributed by atoms with Crippen molar-refractivity contribution in [2.24, 2.45) is 0 Å². The van der Waals surface area contributed by atoms with Crippen LogP contribution in [-0.2, 0) is 9.59 Å². The quantitative estimate of drug-likeness (QED) is 0.711. The van der Waals surface area contributed by atoms with E-state index in [-0.39, 0.29) is 24.1 Å². The Morgan fingerprint density at radius 2 is 1.63 bits per heavy atom. The molecule has 2 fully saturated rings. The predicted octanol–water partition coefficient (Wildman–Crippen LogP) is 1.42. The summed E-state index contributed by atoms with van der Waals surface area (Å²) in [7, 11) is 0. The fraction of sp³-hybridized carbons (Fsp3) is 0.333. The topological polar surface area (TPSA) is 94.4 Å². The van der Waals surface area contributed by atoms with Gasteiger partial charge in [0.05, 0.1) is 6.26 Å². The highest BCUT2D eigenvalue weighted by molar-refractivity contribution is 6.15. The van der Waals surface area contributed by atoms with E-state index in [2.05, 4.69) is 0 Å². The molecule has 0 N–H and O–H groups in total. The number of furan rings is 1. The summed E-state index contributed by atoms with van der Waals surface area (Å²) >= 11 is 0. The Morgan fingerprint density at radius 1 is 0.967 bits per heavy atom. The zero-order valence-electron chi connectivity index (χ0n) is 16.6. The zero-order chi connectivity index (χ0) is 21.3. The van der Waals surface area contributed by atoms with Gasteiger partial charge in [0.25, 0.3) is 11.8 Å². The van der Waals surface area contributed by atoms with E-state index in [4.69, 9.17) is 4.42 Å². The molecule has 30 heavy (non-hydrogen) atoms. The van der Waals surface area contributed by atoms with Crippen LogP contribution in [0.1, 0.15) is 17.5 Å². The monoisotopic (exact) mass is 410 g/mol. The van der Waals surface area contributed by atoms with E-state index < -0.39 is 18.0 Å². The molecule has 4 rings (SSSR count). The highest BCUT2D eigenvalue weighted by atomic mass is 16.3. The lowest BCUT2D eigenvalue weighted by Gasteiger charge is -2.34. The maximum absolute atomic E-state index is 12.8. The molecule has 0 spiro atoms. The number of carbonyl (C=O) groups excluding carboxylic acids is 4. The molecule has 2 aliphatic rings. The standard InChI is InChI=1S/C21H22N4O5/c1-15-19(27)24(21(29)25(15)16-6-3-2-4-7-16)14-18(26)22-9-11-23(12-10-22)20(28)17-8-5-13-30-17/h2-8,13,15H,9-12,14H2,1H3/t15-/m0/s1. The van der Waals surface area contributed by atoms with Crippen molar-refractivity contribution in [3.8, 4) is 0 Å². The minimum absolute atomic E-state index is 0.218. The number of nitrogens with zero attached hydrogens (tertiary/aromatic N) is 4. The Kier molecular flexibility index (Phi) is 5.26. The molecule has 156 valence electrons. The summed E-state index contributed by atoms with van der Waals surface area (Å²) in [5.41, 5.74) is 0.614. The Labute approximate surface area is 173 Å². The van der Waals surface area contributed by atoms with Crippen LogP contribution in [0.25, 0.3) is 0 Å². The van der Waals surface area contributed by atoms with Crippen molar-refractivity contribution in [3.05, 3.63) is 54.5 Å². The van der Waals surface area contributed by atoms with E-state index in [1.807, 2.05) is 6.07 Å². The molecule has 1 aromatic carbocycles. The minimum atomic E-state index is -0.671. The number of carbonyl (C=O) groups is 4. The lowest BCUT2D eigenvalue weighted by Crippen LogP contribution is -2.53. The lowest BCUT2D eigenvalue weighted by atomic mass is 10.2. The van der Waals surface area contributed by atoms with Gasteiger partial charge in [0.2, 0.25) is 5.91 Å². The molecule has 0 unspecified atom stereocenters. The third-order valence-corrected chi connectivity index (χ3v) is 5.43. The number of para-hydroxylation sites is 1. The van der Waals surface area contributed by atoms with Crippen molar-refractivity contribution in [1.29, 1.82) is 0 Å². The minimum Gasteiger partial charge on any atom is -0.459 e. The Hall–Kier alpha value is -3.62. The molecule has 0 aliphatic carbocycles. The van der Waals surface area contributed by atoms with Crippen LogP contribution in [0.5, 0.6) is 0 Å². The molecule has 2 saturated heterocycles. The van der Waals surface area contributed by atoms with Gasteiger partial charge in [0.15, 0.2) is 5.76 Å². The third-order valence-electron chi connectivity index (χ3n) is 5.43. The van der Waals surface area contributed by atoms with Crippen LogP contribution in [0.15, 0.2) is 53.1 Å². The molecule has 3 heterocycles. The Morgan fingerprint density at radius 3 is 2.27 bits per heavy atom. The number of urea groups is 1. The van der Waals surface area contributed by atoms with Crippen LogP contribution < -0.4 is 4.90 Å². The summed E-state index contributed by atoms with van der Waals surface area (Å²) < 4.78 is 5.13. The number of imide groups is 1. The van der Waals surface area contributed by atoms with Crippen LogP contribution >= 0.6 is 0 Å². The summed E-state index contributed by atoms with van der Waals surface area (Å²) in [5.74, 6) is -0.671. The van der Waals surface area contributed by atoms with E-state index >= 15 is 0 Å². The van der Waals surface area contributed by atoms with Crippen molar-refractivity contribution >= 4 is 29.4 Å². The normalized spacial score (nSPS) is 19.6. The van der Waals surface area contributed by atoms with Crippen molar-refractivity contribution in [2.75, 3.05) is 37.6 Å². The predicted molar refractivity (Wildman–Crippen MR) is 107 cm³/mol. The molecule has 9 nitrogen and oxygen atoms in total. The SMILES string of the molecule is C[C@H]1C(=O)N(CC(=O)N2CCN(C(=O)c3ccco3)CC2)C(=O)N1c1ccccc1. The van der Waals surface area contributed by atoms with Gasteiger partial charge in [-0.1, -0.05) is 18.2 Å². The van der Waals surface area contributed by atoms with E-state index in [1.54, 1.807) is 53.1 Å². The highest BCUT2D eigenvalue weighted by Gasteiger charge is 2.44. The summed E-state index contributed by atoms with van der Waals surface area (Å²) in [4.78, 5) is 56.1. The van der Waals surface area contributed by atoms with Crippen molar-refractivity contribution in [2.45, 2.75) is 13.0 Å². The summed E-state index contributed by atoms with van der Waals surface area (Å²) in [6.45, 7) is 2.73. The molecule has 2 aliphatic heterocycles. The van der Waals surface area contributed by atoms with Gasteiger partial charge in [-0.15, -0.1) is 0 Å². The molecule has 9 heteroatoms. The van der Waals surface area contributed by atoms with Gasteiger partial charge in [-0.3, -0.25) is 24.2 Å². The molecule has 1 aromatic heterocycles. The van der Waals surface area contributed by atoms with E-state index in [0.717, 1.165) is 4.90 Å². The first-order chi connectivity index (χ1) is 14.5. The van der Waals surface area contributed by atoms with Crippen molar-refractivity contribution in [1.82, 2.24) is 14.7 Å². The number of benzene rings is 1. The van der Waals surface area contributed by atoms with Gasteiger partial charge < -0.3 is 14.2 Å². The largest absolute Gasteiger partial charge is 0.459 e. The van der Waals surface area contributed by atoms with E-state index in [0.29, 0.717) is 31.9 Å². The first-order valence-electron chi connectivity index (χ1n) is 9.77. The van der Waals surface area contributed by atoms with Crippen molar-refractivity contribution in [3.63, 3.8) is 0 Å². The Balaban J connectivity index is 1.37. The van der Waals surface area contributed by atoms with Gasteiger partial charge in [-0.05, 0) is 31.2 Å². The molecule has 2 aromatic rings. The fourth-order valence-electron chi connectivity index (χ4n) is 3.74. The molecule has 1 atom stereocenters. The first-order valence-corrected chi connectivity index (χ1v) is 9.77.